The molecule has 1 fully saturated rings. The van der Waals surface area contributed by atoms with Crippen LogP contribution in [-0.2, 0) is 0 Å². The summed E-state index contributed by atoms with van der Waals surface area (Å²) in [5, 5.41) is 3.45. The first-order valence-electron chi connectivity index (χ1n) is 9.80. The second kappa shape index (κ2) is 8.01. The number of nitrogens with zero attached hydrogens (tertiary/aromatic N) is 2. The molecule has 2 aliphatic heterocycles. The lowest BCUT2D eigenvalue weighted by molar-refractivity contribution is 0.0788. The van der Waals surface area contributed by atoms with Crippen LogP contribution in [0.25, 0.3) is 0 Å². The number of likely N-dealkylation sites (tertiary alicyclic amines) is 1. The van der Waals surface area contributed by atoms with E-state index in [0.717, 1.165) is 35.7 Å². The Labute approximate surface area is 160 Å². The van der Waals surface area contributed by atoms with Gasteiger partial charge in [-0.15, -0.1) is 0 Å². The molecular formula is C22H27N3O2. The maximum Gasteiger partial charge on any atom is 0.255 e. The van der Waals surface area contributed by atoms with Gasteiger partial charge in [0.15, 0.2) is 0 Å². The Morgan fingerprint density at radius 1 is 1.04 bits per heavy atom. The molecule has 1 amide bonds. The minimum Gasteiger partial charge on any atom is -0.492 e. The number of nitrogens with one attached hydrogen (secondary N) is 1. The standard InChI is InChI=1S/C22H27N3O2/c1-24-21(19-7-3-4-8-20(19)22(24)26)23-17-9-11-18(12-10-17)27-16-15-25-13-5-2-6-14-25/h3-4,7-12,21,23H,2,5-6,13-16H2,1H3. The Morgan fingerprint density at radius 2 is 1.78 bits per heavy atom. The van der Waals surface area contributed by atoms with E-state index in [0.29, 0.717) is 0 Å². The van der Waals surface area contributed by atoms with E-state index in [1.807, 2.05) is 55.6 Å². The first-order chi connectivity index (χ1) is 13.2. The largest absolute Gasteiger partial charge is 0.492 e. The van der Waals surface area contributed by atoms with Crippen LogP contribution in [-0.4, -0.2) is 49.0 Å². The number of hydrogen-bond donors (Lipinski definition) is 1. The van der Waals surface area contributed by atoms with Crippen molar-refractivity contribution in [2.45, 2.75) is 25.4 Å². The summed E-state index contributed by atoms with van der Waals surface area (Å²) >= 11 is 0. The van der Waals surface area contributed by atoms with Gasteiger partial charge in [-0.2, -0.15) is 0 Å². The summed E-state index contributed by atoms with van der Waals surface area (Å²) in [4.78, 5) is 16.6. The third-order valence-corrected chi connectivity index (χ3v) is 5.48. The van der Waals surface area contributed by atoms with Crippen LogP contribution in [0.2, 0.25) is 0 Å². The molecule has 0 aromatic heterocycles. The number of fused-ring (bicyclic) bond motifs is 1. The fourth-order valence-electron chi connectivity index (χ4n) is 3.90. The monoisotopic (exact) mass is 365 g/mol. The van der Waals surface area contributed by atoms with E-state index in [1.54, 1.807) is 4.90 Å². The van der Waals surface area contributed by atoms with E-state index < -0.39 is 0 Å². The minimum absolute atomic E-state index is 0.0563. The molecular weight excluding hydrogens is 338 g/mol. The summed E-state index contributed by atoms with van der Waals surface area (Å²) in [6.07, 6.45) is 3.83. The molecule has 2 heterocycles. The highest BCUT2D eigenvalue weighted by Crippen LogP contribution is 2.33. The van der Waals surface area contributed by atoms with E-state index in [2.05, 4.69) is 10.2 Å². The van der Waals surface area contributed by atoms with Crippen LogP contribution in [0.1, 0.15) is 41.3 Å². The van der Waals surface area contributed by atoms with Crippen LogP contribution in [0.3, 0.4) is 0 Å². The van der Waals surface area contributed by atoms with Crippen LogP contribution in [0.5, 0.6) is 5.75 Å². The lowest BCUT2D eigenvalue weighted by Crippen LogP contribution is -2.33. The summed E-state index contributed by atoms with van der Waals surface area (Å²) in [7, 11) is 1.83. The molecule has 5 heteroatoms. The number of carbonyl (C=O) groups is 1. The van der Waals surface area contributed by atoms with E-state index >= 15 is 0 Å². The maximum atomic E-state index is 12.4. The average Bonchev–Trinajstić information content (AvgIpc) is 2.95. The molecule has 1 atom stereocenters. The average molecular weight is 365 g/mol. The highest BCUT2D eigenvalue weighted by Gasteiger charge is 2.33. The lowest BCUT2D eigenvalue weighted by Gasteiger charge is -2.26. The van der Waals surface area contributed by atoms with Gasteiger partial charge in [-0.1, -0.05) is 24.6 Å². The Balaban J connectivity index is 1.33. The molecule has 1 N–H and O–H groups in total. The van der Waals surface area contributed by atoms with Crippen LogP contribution >= 0.6 is 0 Å². The highest BCUT2D eigenvalue weighted by molar-refractivity contribution is 5.99. The maximum absolute atomic E-state index is 12.4. The second-order valence-electron chi connectivity index (χ2n) is 7.33. The molecule has 2 aromatic carbocycles. The normalized spacial score (nSPS) is 19.8. The molecule has 0 aliphatic carbocycles. The van der Waals surface area contributed by atoms with Gasteiger partial charge in [0, 0.05) is 30.4 Å². The summed E-state index contributed by atoms with van der Waals surface area (Å²) in [6, 6.07) is 15.8. The van der Waals surface area contributed by atoms with Crippen molar-refractivity contribution in [3.8, 4) is 5.75 Å². The van der Waals surface area contributed by atoms with Gasteiger partial charge < -0.3 is 15.0 Å². The van der Waals surface area contributed by atoms with Gasteiger partial charge in [-0.05, 0) is 56.3 Å². The molecule has 1 saturated heterocycles. The quantitative estimate of drug-likeness (QED) is 0.847. The molecule has 0 bridgehead atoms. The smallest absolute Gasteiger partial charge is 0.255 e. The molecule has 27 heavy (non-hydrogen) atoms. The van der Waals surface area contributed by atoms with Crippen LogP contribution < -0.4 is 10.1 Å². The van der Waals surface area contributed by atoms with Gasteiger partial charge in [0.05, 0.1) is 0 Å². The number of ether oxygens (including phenoxy) is 1. The molecule has 0 saturated carbocycles. The number of carbonyl (C=O) groups excluding carboxylic acids is 1. The number of hydrogen-bond acceptors (Lipinski definition) is 4. The van der Waals surface area contributed by atoms with Crippen molar-refractivity contribution in [1.82, 2.24) is 9.80 Å². The van der Waals surface area contributed by atoms with Crippen molar-refractivity contribution >= 4 is 11.6 Å². The predicted octanol–water partition coefficient (Wildman–Crippen LogP) is 3.75. The SMILES string of the molecule is CN1C(=O)c2ccccc2C1Nc1ccc(OCCN2CCCCC2)cc1. The fourth-order valence-corrected chi connectivity index (χ4v) is 3.90. The number of benzene rings is 2. The summed E-state index contributed by atoms with van der Waals surface area (Å²) in [5.41, 5.74) is 2.77. The Morgan fingerprint density at radius 3 is 2.56 bits per heavy atom. The third-order valence-electron chi connectivity index (χ3n) is 5.48. The lowest BCUT2D eigenvalue weighted by atomic mass is 10.1. The van der Waals surface area contributed by atoms with Gasteiger partial charge in [-0.3, -0.25) is 9.69 Å². The summed E-state index contributed by atoms with van der Waals surface area (Å²) < 4.78 is 5.89. The van der Waals surface area contributed by atoms with Crippen molar-refractivity contribution < 1.29 is 9.53 Å². The minimum atomic E-state index is -0.139. The van der Waals surface area contributed by atoms with Gasteiger partial charge in [0.2, 0.25) is 0 Å². The number of amides is 1. The van der Waals surface area contributed by atoms with Gasteiger partial charge in [0.1, 0.15) is 18.5 Å². The predicted molar refractivity (Wildman–Crippen MR) is 107 cm³/mol. The molecule has 1 unspecified atom stereocenters. The molecule has 4 rings (SSSR count). The first kappa shape index (κ1) is 17.9. The fraction of sp³-hybridized carbons (Fsp3) is 0.409. The molecule has 0 radical (unpaired) electrons. The van der Waals surface area contributed by atoms with Crippen molar-refractivity contribution in [1.29, 1.82) is 0 Å². The Bertz CT molecular complexity index is 784. The molecule has 5 nitrogen and oxygen atoms in total. The summed E-state index contributed by atoms with van der Waals surface area (Å²) in [6.45, 7) is 4.11. The molecule has 2 aromatic rings. The van der Waals surface area contributed by atoms with E-state index in [1.165, 1.54) is 32.4 Å². The van der Waals surface area contributed by atoms with E-state index in [4.69, 9.17) is 4.74 Å². The third kappa shape index (κ3) is 3.93. The molecule has 0 spiro atoms. The van der Waals surface area contributed by atoms with Gasteiger partial charge in [-0.25, -0.2) is 0 Å². The van der Waals surface area contributed by atoms with E-state index in [-0.39, 0.29) is 12.1 Å². The van der Waals surface area contributed by atoms with Crippen LogP contribution in [0.4, 0.5) is 5.69 Å². The van der Waals surface area contributed by atoms with Crippen molar-refractivity contribution in [2.24, 2.45) is 0 Å². The zero-order chi connectivity index (χ0) is 18.6. The van der Waals surface area contributed by atoms with E-state index in [9.17, 15) is 4.79 Å². The second-order valence-corrected chi connectivity index (χ2v) is 7.33. The van der Waals surface area contributed by atoms with Gasteiger partial charge in [0.25, 0.3) is 5.91 Å². The number of rotatable bonds is 6. The molecule has 142 valence electrons. The van der Waals surface area contributed by atoms with Crippen LogP contribution in [0.15, 0.2) is 48.5 Å². The first-order valence-corrected chi connectivity index (χ1v) is 9.80. The number of piperidine rings is 1. The van der Waals surface area contributed by atoms with Crippen molar-refractivity contribution in [2.75, 3.05) is 38.6 Å². The Hall–Kier alpha value is -2.53. The summed E-state index contributed by atoms with van der Waals surface area (Å²) in [5.74, 6) is 0.939. The van der Waals surface area contributed by atoms with Crippen LogP contribution in [0, 0.1) is 0 Å². The topological polar surface area (TPSA) is 44.8 Å². The zero-order valence-corrected chi connectivity index (χ0v) is 15.9. The molecule has 2 aliphatic rings. The van der Waals surface area contributed by atoms with Crippen molar-refractivity contribution in [3.05, 3.63) is 59.7 Å². The number of anilines is 1. The van der Waals surface area contributed by atoms with Gasteiger partial charge >= 0.3 is 0 Å². The van der Waals surface area contributed by atoms with Crippen molar-refractivity contribution in [3.63, 3.8) is 0 Å². The Kier molecular flexibility index (Phi) is 5.30. The zero-order valence-electron chi connectivity index (χ0n) is 15.9. The highest BCUT2D eigenvalue weighted by atomic mass is 16.5.